The fraction of sp³-hybridized carbons (Fsp3) is 0.200. The highest BCUT2D eigenvalue weighted by Crippen LogP contribution is 2.31. The van der Waals surface area contributed by atoms with Crippen LogP contribution in [0, 0.1) is 5.82 Å². The molecule has 0 atom stereocenters. The van der Waals surface area contributed by atoms with Gasteiger partial charge in [0, 0.05) is 0 Å². The standard InChI is InChI=1S/C10H9F4N3O/c11-7-2-1-5(3-6(7)10(12,13)14)4-8(18)17-9(15)16/h1-3H,4H2,(H4,15,16,17,18). The van der Waals surface area contributed by atoms with E-state index in [0.29, 0.717) is 12.1 Å². The first kappa shape index (κ1) is 13.9. The summed E-state index contributed by atoms with van der Waals surface area (Å²) < 4.78 is 50.1. The zero-order chi connectivity index (χ0) is 13.9. The van der Waals surface area contributed by atoms with Crippen LogP contribution in [-0.4, -0.2) is 11.9 Å². The summed E-state index contributed by atoms with van der Waals surface area (Å²) in [6.45, 7) is 0. The molecule has 0 aliphatic rings. The number of hydrogen-bond donors (Lipinski definition) is 2. The summed E-state index contributed by atoms with van der Waals surface area (Å²) in [5.74, 6) is -2.70. The number of carbonyl (C=O) groups excluding carboxylic acids is 1. The Bertz CT molecular complexity index is 492. The molecule has 4 N–H and O–H groups in total. The van der Waals surface area contributed by atoms with Crippen molar-refractivity contribution in [3.05, 3.63) is 35.1 Å². The molecule has 0 heterocycles. The number of amides is 1. The molecular weight excluding hydrogens is 254 g/mol. The van der Waals surface area contributed by atoms with E-state index in [9.17, 15) is 22.4 Å². The fourth-order valence-electron chi connectivity index (χ4n) is 1.26. The molecule has 0 aliphatic heterocycles. The molecule has 18 heavy (non-hydrogen) atoms. The van der Waals surface area contributed by atoms with E-state index in [1.54, 1.807) is 0 Å². The Hall–Kier alpha value is -2.12. The van der Waals surface area contributed by atoms with Gasteiger partial charge in [-0.05, 0) is 17.7 Å². The van der Waals surface area contributed by atoms with Crippen molar-refractivity contribution in [2.45, 2.75) is 12.6 Å². The SMILES string of the molecule is NC(N)=NC(=O)Cc1ccc(F)c(C(F)(F)F)c1. The number of nitrogens with zero attached hydrogens (tertiary/aromatic N) is 1. The Morgan fingerprint density at radius 1 is 1.28 bits per heavy atom. The van der Waals surface area contributed by atoms with Gasteiger partial charge in [0.1, 0.15) is 5.82 Å². The van der Waals surface area contributed by atoms with Gasteiger partial charge in [-0.1, -0.05) is 6.07 Å². The van der Waals surface area contributed by atoms with Crippen LogP contribution in [0.15, 0.2) is 23.2 Å². The predicted octanol–water partition coefficient (Wildman–Crippen LogP) is 1.19. The lowest BCUT2D eigenvalue weighted by Gasteiger charge is -2.09. The highest BCUT2D eigenvalue weighted by Gasteiger charge is 2.34. The molecule has 0 unspecified atom stereocenters. The van der Waals surface area contributed by atoms with E-state index in [1.807, 2.05) is 0 Å². The van der Waals surface area contributed by atoms with Crippen molar-refractivity contribution in [1.82, 2.24) is 0 Å². The molecule has 1 amide bonds. The second kappa shape index (κ2) is 5.03. The van der Waals surface area contributed by atoms with Crippen molar-refractivity contribution in [2.75, 3.05) is 0 Å². The molecule has 1 rings (SSSR count). The first-order valence-corrected chi connectivity index (χ1v) is 4.68. The molecule has 0 bridgehead atoms. The molecule has 0 spiro atoms. The van der Waals surface area contributed by atoms with Crippen molar-refractivity contribution >= 4 is 11.9 Å². The Balaban J connectivity index is 3.00. The second-order valence-corrected chi connectivity index (χ2v) is 3.42. The summed E-state index contributed by atoms with van der Waals surface area (Å²) in [5.41, 5.74) is 8.41. The summed E-state index contributed by atoms with van der Waals surface area (Å²) in [5, 5.41) is 0. The van der Waals surface area contributed by atoms with Crippen molar-refractivity contribution in [3.63, 3.8) is 0 Å². The van der Waals surface area contributed by atoms with Crippen molar-refractivity contribution in [1.29, 1.82) is 0 Å². The lowest BCUT2D eigenvalue weighted by atomic mass is 10.1. The maximum absolute atomic E-state index is 12.9. The van der Waals surface area contributed by atoms with Gasteiger partial charge in [-0.3, -0.25) is 4.79 Å². The number of rotatable bonds is 2. The highest BCUT2D eigenvalue weighted by molar-refractivity contribution is 5.92. The number of nitrogens with two attached hydrogens (primary N) is 2. The van der Waals surface area contributed by atoms with Gasteiger partial charge in [-0.2, -0.15) is 18.2 Å². The number of alkyl halides is 3. The van der Waals surface area contributed by atoms with E-state index < -0.39 is 35.8 Å². The first-order valence-electron chi connectivity index (χ1n) is 4.68. The molecule has 1 aromatic rings. The molecule has 0 radical (unpaired) electrons. The van der Waals surface area contributed by atoms with Gasteiger partial charge < -0.3 is 11.5 Å². The Morgan fingerprint density at radius 2 is 1.89 bits per heavy atom. The monoisotopic (exact) mass is 263 g/mol. The lowest BCUT2D eigenvalue weighted by molar-refractivity contribution is -0.140. The summed E-state index contributed by atoms with van der Waals surface area (Å²) >= 11 is 0. The summed E-state index contributed by atoms with van der Waals surface area (Å²) in [6, 6.07) is 2.25. The van der Waals surface area contributed by atoms with E-state index in [0.717, 1.165) is 6.07 Å². The van der Waals surface area contributed by atoms with Crippen LogP contribution in [0.5, 0.6) is 0 Å². The molecule has 0 fully saturated rings. The average molecular weight is 263 g/mol. The number of hydrogen-bond acceptors (Lipinski definition) is 1. The topological polar surface area (TPSA) is 81.5 Å². The Morgan fingerprint density at radius 3 is 2.39 bits per heavy atom. The molecule has 8 heteroatoms. The maximum atomic E-state index is 12.9. The van der Waals surface area contributed by atoms with Gasteiger partial charge >= 0.3 is 6.18 Å². The van der Waals surface area contributed by atoms with E-state index in [2.05, 4.69) is 4.99 Å². The molecule has 98 valence electrons. The van der Waals surface area contributed by atoms with Crippen LogP contribution >= 0.6 is 0 Å². The van der Waals surface area contributed by atoms with Crippen molar-refractivity contribution in [3.8, 4) is 0 Å². The number of aliphatic imine (C=N–C) groups is 1. The largest absolute Gasteiger partial charge is 0.419 e. The van der Waals surface area contributed by atoms with Crippen LogP contribution < -0.4 is 11.5 Å². The minimum atomic E-state index is -4.82. The number of halogens is 4. The minimum Gasteiger partial charge on any atom is -0.370 e. The third kappa shape index (κ3) is 3.72. The fourth-order valence-corrected chi connectivity index (χ4v) is 1.26. The summed E-state index contributed by atoms with van der Waals surface area (Å²) in [4.78, 5) is 14.3. The van der Waals surface area contributed by atoms with E-state index >= 15 is 0 Å². The van der Waals surface area contributed by atoms with Gasteiger partial charge in [0.05, 0.1) is 12.0 Å². The molecule has 1 aromatic carbocycles. The number of benzene rings is 1. The normalized spacial score (nSPS) is 11.1. The molecular formula is C10H9F4N3O. The van der Waals surface area contributed by atoms with Crippen LogP contribution in [0.1, 0.15) is 11.1 Å². The highest BCUT2D eigenvalue weighted by atomic mass is 19.4. The van der Waals surface area contributed by atoms with Gasteiger partial charge in [0.15, 0.2) is 5.96 Å². The third-order valence-electron chi connectivity index (χ3n) is 1.95. The van der Waals surface area contributed by atoms with Crippen molar-refractivity contribution < 1.29 is 22.4 Å². The number of carbonyl (C=O) groups is 1. The van der Waals surface area contributed by atoms with Crippen LogP contribution in [0.25, 0.3) is 0 Å². The quantitative estimate of drug-likeness (QED) is 0.477. The predicted molar refractivity (Wildman–Crippen MR) is 55.9 cm³/mol. The molecule has 0 saturated heterocycles. The second-order valence-electron chi connectivity index (χ2n) is 3.42. The third-order valence-corrected chi connectivity index (χ3v) is 1.95. The van der Waals surface area contributed by atoms with Crippen LogP contribution in [0.4, 0.5) is 17.6 Å². The van der Waals surface area contributed by atoms with Crippen LogP contribution in [0.2, 0.25) is 0 Å². The maximum Gasteiger partial charge on any atom is 0.419 e. The van der Waals surface area contributed by atoms with Gasteiger partial charge in [0.25, 0.3) is 5.91 Å². The lowest BCUT2D eigenvalue weighted by Crippen LogP contribution is -2.24. The molecule has 0 aliphatic carbocycles. The zero-order valence-electron chi connectivity index (χ0n) is 8.96. The van der Waals surface area contributed by atoms with E-state index in [1.165, 1.54) is 0 Å². The smallest absolute Gasteiger partial charge is 0.370 e. The van der Waals surface area contributed by atoms with Crippen LogP contribution in [-0.2, 0) is 17.4 Å². The van der Waals surface area contributed by atoms with Crippen molar-refractivity contribution in [2.24, 2.45) is 16.5 Å². The average Bonchev–Trinajstić information content (AvgIpc) is 2.17. The molecule has 4 nitrogen and oxygen atoms in total. The Kier molecular flexibility index (Phi) is 3.89. The zero-order valence-corrected chi connectivity index (χ0v) is 8.96. The van der Waals surface area contributed by atoms with Crippen LogP contribution in [0.3, 0.4) is 0 Å². The van der Waals surface area contributed by atoms with Gasteiger partial charge in [0.2, 0.25) is 0 Å². The number of guanidine groups is 1. The Labute approximate surface area is 99.3 Å². The first-order chi connectivity index (χ1) is 8.20. The summed E-state index contributed by atoms with van der Waals surface area (Å²) in [7, 11) is 0. The van der Waals surface area contributed by atoms with E-state index in [-0.39, 0.29) is 5.56 Å². The minimum absolute atomic E-state index is 0.0290. The molecule has 0 saturated carbocycles. The van der Waals surface area contributed by atoms with Gasteiger partial charge in [-0.25, -0.2) is 4.39 Å². The van der Waals surface area contributed by atoms with E-state index in [4.69, 9.17) is 11.5 Å². The van der Waals surface area contributed by atoms with Gasteiger partial charge in [-0.15, -0.1) is 0 Å². The summed E-state index contributed by atoms with van der Waals surface area (Å²) in [6.07, 6.45) is -5.26. The molecule has 0 aromatic heterocycles.